The van der Waals surface area contributed by atoms with Crippen LogP contribution in [0.4, 0.5) is 4.79 Å². The Balaban J connectivity index is 1.85. The number of rotatable bonds is 5. The maximum atomic E-state index is 12.0. The second-order valence-electron chi connectivity index (χ2n) is 4.97. The second kappa shape index (κ2) is 6.40. The van der Waals surface area contributed by atoms with Gasteiger partial charge in [-0.15, -0.1) is 0 Å². The van der Waals surface area contributed by atoms with Crippen LogP contribution in [0.1, 0.15) is 25.6 Å². The maximum Gasteiger partial charge on any atom is 0.317 e. The van der Waals surface area contributed by atoms with Crippen LogP contribution in [0.3, 0.4) is 0 Å². The molecule has 1 unspecified atom stereocenters. The lowest BCUT2D eigenvalue weighted by atomic mass is 10.0. The molecule has 2 amide bonds. The zero-order chi connectivity index (χ0) is 14.5. The lowest BCUT2D eigenvalue weighted by Gasteiger charge is -2.28. The molecule has 1 aromatic heterocycles. The van der Waals surface area contributed by atoms with E-state index in [2.05, 4.69) is 10.3 Å². The first-order chi connectivity index (χ1) is 9.61. The zero-order valence-electron chi connectivity index (χ0n) is 11.6. The van der Waals surface area contributed by atoms with Crippen molar-refractivity contribution in [3.05, 3.63) is 18.2 Å². The summed E-state index contributed by atoms with van der Waals surface area (Å²) >= 11 is 0. The number of carboxylic acid groups (broad SMARTS) is 1. The number of aromatic nitrogens is 2. The fourth-order valence-electron chi connectivity index (χ4n) is 2.33. The van der Waals surface area contributed by atoms with E-state index < -0.39 is 11.9 Å². The third-order valence-electron chi connectivity index (χ3n) is 3.52. The lowest BCUT2D eigenvalue weighted by molar-refractivity contribution is -0.141. The molecule has 0 radical (unpaired) electrons. The van der Waals surface area contributed by atoms with Crippen molar-refractivity contribution in [2.45, 2.75) is 32.9 Å². The van der Waals surface area contributed by atoms with E-state index in [-0.39, 0.29) is 12.6 Å². The van der Waals surface area contributed by atoms with Gasteiger partial charge in [0.2, 0.25) is 0 Å². The highest BCUT2D eigenvalue weighted by atomic mass is 16.4. The molecule has 0 fully saturated rings. The summed E-state index contributed by atoms with van der Waals surface area (Å²) in [6.45, 7) is 3.90. The van der Waals surface area contributed by atoms with Gasteiger partial charge < -0.3 is 19.9 Å². The van der Waals surface area contributed by atoms with E-state index in [9.17, 15) is 9.59 Å². The number of hydrogen-bond donors (Lipinski definition) is 2. The first-order valence-corrected chi connectivity index (χ1v) is 6.87. The number of carboxylic acids is 1. The zero-order valence-corrected chi connectivity index (χ0v) is 11.6. The summed E-state index contributed by atoms with van der Waals surface area (Å²) in [7, 11) is 0. The van der Waals surface area contributed by atoms with E-state index in [1.165, 1.54) is 0 Å². The van der Waals surface area contributed by atoms with Crippen molar-refractivity contribution < 1.29 is 14.7 Å². The highest BCUT2D eigenvalue weighted by Crippen LogP contribution is 2.11. The Kier molecular flexibility index (Phi) is 4.60. The number of aliphatic carboxylic acids is 1. The van der Waals surface area contributed by atoms with Gasteiger partial charge in [-0.05, 0) is 6.42 Å². The first kappa shape index (κ1) is 14.4. The topological polar surface area (TPSA) is 87.5 Å². The molecule has 0 saturated heterocycles. The quantitative estimate of drug-likeness (QED) is 0.839. The van der Waals surface area contributed by atoms with Crippen molar-refractivity contribution in [2.75, 3.05) is 13.1 Å². The predicted octanol–water partition coefficient (Wildman–Crippen LogP) is 0.909. The number of urea groups is 1. The van der Waals surface area contributed by atoms with Gasteiger partial charge in [-0.3, -0.25) is 4.79 Å². The molecule has 0 spiro atoms. The molecular weight excluding hydrogens is 260 g/mol. The molecule has 0 saturated carbocycles. The van der Waals surface area contributed by atoms with Gasteiger partial charge in [-0.25, -0.2) is 9.78 Å². The maximum absolute atomic E-state index is 12.0. The lowest BCUT2D eigenvalue weighted by Crippen LogP contribution is -2.46. The number of hydrogen-bond acceptors (Lipinski definition) is 3. The van der Waals surface area contributed by atoms with Crippen molar-refractivity contribution >= 4 is 12.0 Å². The van der Waals surface area contributed by atoms with E-state index >= 15 is 0 Å². The SMILES string of the molecule is CCCC(CNC(=O)N1CCn2ccnc2C1)C(=O)O. The molecule has 7 heteroatoms. The van der Waals surface area contributed by atoms with Crippen LogP contribution in [0.5, 0.6) is 0 Å². The fourth-order valence-corrected chi connectivity index (χ4v) is 2.33. The van der Waals surface area contributed by atoms with Gasteiger partial charge in [0.15, 0.2) is 0 Å². The smallest absolute Gasteiger partial charge is 0.317 e. The number of imidazole rings is 1. The molecule has 20 heavy (non-hydrogen) atoms. The van der Waals surface area contributed by atoms with Gasteiger partial charge in [0, 0.05) is 32.0 Å². The van der Waals surface area contributed by atoms with E-state index in [0.29, 0.717) is 19.5 Å². The molecule has 0 aliphatic carbocycles. The molecule has 0 aromatic carbocycles. The van der Waals surface area contributed by atoms with Crippen LogP contribution in [0, 0.1) is 5.92 Å². The predicted molar refractivity (Wildman–Crippen MR) is 72.1 cm³/mol. The molecule has 1 aliphatic heterocycles. The minimum absolute atomic E-state index is 0.174. The molecule has 0 bridgehead atoms. The fraction of sp³-hybridized carbons (Fsp3) is 0.615. The van der Waals surface area contributed by atoms with Crippen LogP contribution in [0.15, 0.2) is 12.4 Å². The minimum atomic E-state index is -0.860. The van der Waals surface area contributed by atoms with Crippen LogP contribution in [-0.4, -0.2) is 44.6 Å². The van der Waals surface area contributed by atoms with Crippen LogP contribution in [-0.2, 0) is 17.9 Å². The molecule has 1 aliphatic rings. The molecule has 2 heterocycles. The molecule has 1 atom stereocenters. The number of carbonyl (C=O) groups excluding carboxylic acids is 1. The van der Waals surface area contributed by atoms with E-state index in [1.807, 2.05) is 17.7 Å². The first-order valence-electron chi connectivity index (χ1n) is 6.87. The largest absolute Gasteiger partial charge is 0.481 e. The van der Waals surface area contributed by atoms with Crippen LogP contribution in [0.2, 0.25) is 0 Å². The monoisotopic (exact) mass is 280 g/mol. The van der Waals surface area contributed by atoms with Crippen LogP contribution in [0.25, 0.3) is 0 Å². The molecule has 7 nitrogen and oxygen atoms in total. The standard InChI is InChI=1S/C13H20N4O3/c1-2-3-10(12(18)19)8-15-13(20)17-7-6-16-5-4-14-11(16)9-17/h4-5,10H,2-3,6-9H2,1H3,(H,15,20)(H,18,19). The highest BCUT2D eigenvalue weighted by molar-refractivity contribution is 5.76. The van der Waals surface area contributed by atoms with Gasteiger partial charge in [0.25, 0.3) is 0 Å². The summed E-state index contributed by atoms with van der Waals surface area (Å²) < 4.78 is 2.01. The van der Waals surface area contributed by atoms with Crippen molar-refractivity contribution in [1.82, 2.24) is 19.8 Å². The summed E-state index contributed by atoms with van der Waals surface area (Å²) in [4.78, 5) is 28.9. The van der Waals surface area contributed by atoms with Crippen molar-refractivity contribution in [3.63, 3.8) is 0 Å². The number of nitrogens with one attached hydrogen (secondary N) is 1. The Labute approximate surface area is 117 Å². The molecule has 1 aromatic rings. The van der Waals surface area contributed by atoms with Gasteiger partial charge in [0.05, 0.1) is 12.5 Å². The van der Waals surface area contributed by atoms with E-state index in [0.717, 1.165) is 18.8 Å². The van der Waals surface area contributed by atoms with Gasteiger partial charge in [-0.2, -0.15) is 0 Å². The third kappa shape index (κ3) is 3.28. The Bertz CT molecular complexity index is 486. The van der Waals surface area contributed by atoms with Crippen molar-refractivity contribution in [3.8, 4) is 0 Å². The molecule has 2 N–H and O–H groups in total. The normalized spacial score (nSPS) is 15.6. The van der Waals surface area contributed by atoms with Gasteiger partial charge in [0.1, 0.15) is 5.82 Å². The Morgan fingerprint density at radius 2 is 2.30 bits per heavy atom. The summed E-state index contributed by atoms with van der Waals surface area (Å²) in [5, 5.41) is 11.8. The average Bonchev–Trinajstić information content (AvgIpc) is 2.89. The Morgan fingerprint density at radius 1 is 1.50 bits per heavy atom. The Morgan fingerprint density at radius 3 is 3.00 bits per heavy atom. The summed E-state index contributed by atoms with van der Waals surface area (Å²) in [6, 6.07) is -0.221. The highest BCUT2D eigenvalue weighted by Gasteiger charge is 2.23. The van der Waals surface area contributed by atoms with Crippen molar-refractivity contribution in [2.24, 2.45) is 5.92 Å². The van der Waals surface area contributed by atoms with Crippen LogP contribution < -0.4 is 5.32 Å². The Hall–Kier alpha value is -2.05. The van der Waals surface area contributed by atoms with E-state index in [4.69, 9.17) is 5.11 Å². The van der Waals surface area contributed by atoms with Crippen molar-refractivity contribution in [1.29, 1.82) is 0 Å². The summed E-state index contributed by atoms with van der Waals surface area (Å²) in [6.07, 6.45) is 4.97. The second-order valence-corrected chi connectivity index (χ2v) is 4.97. The molecular formula is C13H20N4O3. The minimum Gasteiger partial charge on any atom is -0.481 e. The van der Waals surface area contributed by atoms with Gasteiger partial charge in [-0.1, -0.05) is 13.3 Å². The number of carbonyl (C=O) groups is 2. The average molecular weight is 280 g/mol. The number of nitrogens with zero attached hydrogens (tertiary/aromatic N) is 3. The number of amides is 2. The number of fused-ring (bicyclic) bond motifs is 1. The van der Waals surface area contributed by atoms with Crippen LogP contribution >= 0.6 is 0 Å². The van der Waals surface area contributed by atoms with E-state index in [1.54, 1.807) is 11.1 Å². The molecule has 110 valence electrons. The third-order valence-corrected chi connectivity index (χ3v) is 3.52. The summed E-state index contributed by atoms with van der Waals surface area (Å²) in [5.41, 5.74) is 0. The van der Waals surface area contributed by atoms with Gasteiger partial charge >= 0.3 is 12.0 Å². The summed E-state index contributed by atoms with van der Waals surface area (Å²) in [5.74, 6) is -0.521. The molecule has 2 rings (SSSR count).